The molecule has 0 aliphatic carbocycles. The maximum absolute atomic E-state index is 12.2. The van der Waals surface area contributed by atoms with E-state index in [0.717, 1.165) is 19.5 Å². The molecule has 4 heterocycles. The van der Waals surface area contributed by atoms with E-state index in [9.17, 15) is 4.79 Å². The van der Waals surface area contributed by atoms with Gasteiger partial charge in [-0.15, -0.1) is 0 Å². The first kappa shape index (κ1) is 13.9. The van der Waals surface area contributed by atoms with E-state index in [0.29, 0.717) is 12.0 Å². The van der Waals surface area contributed by atoms with Crippen LogP contribution in [-0.4, -0.2) is 40.7 Å². The molecule has 4 aliphatic heterocycles. The summed E-state index contributed by atoms with van der Waals surface area (Å²) in [7, 11) is 0. The molecule has 22 heavy (non-hydrogen) atoms. The Hall–Kier alpha value is -1.68. The number of nitrogens with zero attached hydrogens (tertiary/aromatic N) is 3. The van der Waals surface area contributed by atoms with Crippen LogP contribution in [0, 0.1) is 5.92 Å². The number of piperidine rings is 3. The zero-order chi connectivity index (χ0) is 15.3. The lowest BCUT2D eigenvalue weighted by Gasteiger charge is -2.46. The minimum absolute atomic E-state index is 0.0541. The Morgan fingerprint density at radius 2 is 1.95 bits per heavy atom. The van der Waals surface area contributed by atoms with Gasteiger partial charge in [-0.25, -0.2) is 5.01 Å². The number of hydrazone groups is 1. The molecule has 5 rings (SSSR count). The Kier molecular flexibility index (Phi) is 3.30. The fourth-order valence-electron chi connectivity index (χ4n) is 4.44. The van der Waals surface area contributed by atoms with Gasteiger partial charge in [0.1, 0.15) is 6.04 Å². The van der Waals surface area contributed by atoms with Crippen molar-refractivity contribution in [1.29, 1.82) is 0 Å². The molecule has 2 atom stereocenters. The Labute approximate surface area is 131 Å². The van der Waals surface area contributed by atoms with E-state index in [2.05, 4.69) is 36.1 Å². The van der Waals surface area contributed by atoms with Gasteiger partial charge in [-0.2, -0.15) is 5.10 Å². The van der Waals surface area contributed by atoms with E-state index >= 15 is 0 Å². The van der Waals surface area contributed by atoms with Gasteiger partial charge in [0.15, 0.2) is 0 Å². The first-order valence-electron chi connectivity index (χ1n) is 8.40. The third-order valence-electron chi connectivity index (χ3n) is 5.51. The lowest BCUT2D eigenvalue weighted by atomic mass is 9.77. The molecule has 1 aromatic carbocycles. The number of aryl methyl sites for hydroxylation is 1. The molecule has 2 unspecified atom stereocenters. The Balaban J connectivity index is 1.81. The second kappa shape index (κ2) is 5.20. The molecule has 3 fully saturated rings. The molecular weight excluding hydrogens is 274 g/mol. The van der Waals surface area contributed by atoms with Crippen LogP contribution in [0.25, 0.3) is 0 Å². The quantitative estimate of drug-likeness (QED) is 0.841. The van der Waals surface area contributed by atoms with Gasteiger partial charge in [0.05, 0.1) is 11.8 Å². The second-order valence-corrected chi connectivity index (χ2v) is 6.64. The monoisotopic (exact) mass is 297 g/mol. The van der Waals surface area contributed by atoms with E-state index in [1.807, 2.05) is 0 Å². The van der Waals surface area contributed by atoms with Crippen LogP contribution in [0.2, 0.25) is 0 Å². The summed E-state index contributed by atoms with van der Waals surface area (Å²) in [6.45, 7) is 6.11. The molecule has 0 radical (unpaired) electrons. The molecule has 1 aromatic rings. The predicted molar refractivity (Wildman–Crippen MR) is 86.6 cm³/mol. The van der Waals surface area contributed by atoms with Crippen molar-refractivity contribution in [2.24, 2.45) is 11.0 Å². The van der Waals surface area contributed by atoms with Gasteiger partial charge in [-0.1, -0.05) is 31.2 Å². The molecule has 4 nitrogen and oxygen atoms in total. The molecule has 3 saturated heterocycles. The van der Waals surface area contributed by atoms with Crippen LogP contribution < -0.4 is 0 Å². The average Bonchev–Trinajstić information content (AvgIpc) is 2.98. The van der Waals surface area contributed by atoms with E-state index in [1.54, 1.807) is 11.9 Å². The van der Waals surface area contributed by atoms with Crippen LogP contribution in [0.4, 0.5) is 0 Å². The Morgan fingerprint density at radius 3 is 2.64 bits per heavy atom. The third kappa shape index (κ3) is 1.93. The van der Waals surface area contributed by atoms with E-state index in [4.69, 9.17) is 5.10 Å². The van der Waals surface area contributed by atoms with Crippen LogP contribution in [0.15, 0.2) is 29.4 Å². The zero-order valence-electron chi connectivity index (χ0n) is 13.3. The van der Waals surface area contributed by atoms with Crippen LogP contribution in [-0.2, 0) is 11.2 Å². The molecule has 0 aromatic heterocycles. The fraction of sp³-hybridized carbons (Fsp3) is 0.556. The lowest BCUT2D eigenvalue weighted by Crippen LogP contribution is -2.56. The highest BCUT2D eigenvalue weighted by molar-refractivity contribution is 5.97. The van der Waals surface area contributed by atoms with Crippen LogP contribution >= 0.6 is 0 Å². The number of hydrogen-bond donors (Lipinski definition) is 0. The number of fused-ring (bicyclic) bond motifs is 2. The van der Waals surface area contributed by atoms with Crippen LogP contribution in [0.1, 0.15) is 43.9 Å². The normalized spacial score (nSPS) is 32.8. The SMILES string of the molecule is CCc1ccccc1C1C2C(=NN1C(C)=O)C1CCN2CC1. The first-order chi connectivity index (χ1) is 10.7. The topological polar surface area (TPSA) is 35.9 Å². The number of benzene rings is 1. The summed E-state index contributed by atoms with van der Waals surface area (Å²) in [4.78, 5) is 14.7. The average molecular weight is 297 g/mol. The van der Waals surface area contributed by atoms with Gasteiger partial charge >= 0.3 is 0 Å². The molecule has 4 aliphatic rings. The summed E-state index contributed by atoms with van der Waals surface area (Å²) in [5.74, 6) is 0.633. The minimum atomic E-state index is 0.0541. The standard InChI is InChI=1S/C18H23N3O/c1-3-13-6-4-5-7-15(13)17-18-16(19-21(17)12(2)22)14-8-10-20(18)11-9-14/h4-7,14,17-18H,3,8-11H2,1-2H3. The summed E-state index contributed by atoms with van der Waals surface area (Å²) >= 11 is 0. The highest BCUT2D eigenvalue weighted by Crippen LogP contribution is 2.44. The van der Waals surface area contributed by atoms with E-state index < -0.39 is 0 Å². The van der Waals surface area contributed by atoms with Gasteiger partial charge in [0, 0.05) is 12.8 Å². The summed E-state index contributed by atoms with van der Waals surface area (Å²) in [6.07, 6.45) is 3.39. The van der Waals surface area contributed by atoms with Crippen LogP contribution in [0.3, 0.4) is 0 Å². The number of rotatable bonds is 2. The molecular formula is C18H23N3O. The number of carbonyl (C=O) groups excluding carboxylic acids is 1. The lowest BCUT2D eigenvalue weighted by molar-refractivity contribution is -0.131. The molecule has 2 bridgehead atoms. The summed E-state index contributed by atoms with van der Waals surface area (Å²) < 4.78 is 0. The first-order valence-corrected chi connectivity index (χ1v) is 8.40. The highest BCUT2D eigenvalue weighted by Gasteiger charge is 2.50. The molecule has 1 amide bonds. The second-order valence-electron chi connectivity index (χ2n) is 6.64. The van der Waals surface area contributed by atoms with Gasteiger partial charge in [0.25, 0.3) is 0 Å². The van der Waals surface area contributed by atoms with Crippen LogP contribution in [0.5, 0.6) is 0 Å². The predicted octanol–water partition coefficient (Wildman–Crippen LogP) is 2.60. The zero-order valence-corrected chi connectivity index (χ0v) is 13.3. The molecule has 0 saturated carbocycles. The van der Waals surface area contributed by atoms with Crippen molar-refractivity contribution in [3.05, 3.63) is 35.4 Å². The van der Waals surface area contributed by atoms with Gasteiger partial charge in [-0.05, 0) is 43.5 Å². The molecule has 0 spiro atoms. The maximum Gasteiger partial charge on any atom is 0.240 e. The minimum Gasteiger partial charge on any atom is -0.293 e. The third-order valence-corrected chi connectivity index (χ3v) is 5.51. The molecule has 116 valence electrons. The Bertz CT molecular complexity index is 631. The van der Waals surface area contributed by atoms with Gasteiger partial charge in [-0.3, -0.25) is 9.69 Å². The summed E-state index contributed by atoms with van der Waals surface area (Å²) in [5.41, 5.74) is 3.86. The van der Waals surface area contributed by atoms with E-state index in [-0.39, 0.29) is 11.9 Å². The van der Waals surface area contributed by atoms with Crippen molar-refractivity contribution >= 4 is 11.6 Å². The highest BCUT2D eigenvalue weighted by atomic mass is 16.2. The van der Waals surface area contributed by atoms with Gasteiger partial charge in [0.2, 0.25) is 5.91 Å². The molecule has 4 heteroatoms. The van der Waals surface area contributed by atoms with Crippen molar-refractivity contribution < 1.29 is 4.79 Å². The fourth-order valence-corrected chi connectivity index (χ4v) is 4.44. The van der Waals surface area contributed by atoms with Crippen molar-refractivity contribution in [1.82, 2.24) is 9.91 Å². The summed E-state index contributed by atoms with van der Waals surface area (Å²) in [6, 6.07) is 8.89. The summed E-state index contributed by atoms with van der Waals surface area (Å²) in [5, 5.41) is 6.54. The van der Waals surface area contributed by atoms with Crippen molar-refractivity contribution in [3.8, 4) is 0 Å². The van der Waals surface area contributed by atoms with Crippen molar-refractivity contribution in [2.75, 3.05) is 13.1 Å². The smallest absolute Gasteiger partial charge is 0.240 e. The van der Waals surface area contributed by atoms with Crippen molar-refractivity contribution in [3.63, 3.8) is 0 Å². The maximum atomic E-state index is 12.2. The Morgan fingerprint density at radius 1 is 1.23 bits per heavy atom. The number of carbonyl (C=O) groups is 1. The number of hydrogen-bond acceptors (Lipinski definition) is 3. The van der Waals surface area contributed by atoms with Crippen molar-refractivity contribution in [2.45, 2.75) is 45.2 Å². The largest absolute Gasteiger partial charge is 0.293 e. The van der Waals surface area contributed by atoms with E-state index in [1.165, 1.54) is 29.7 Å². The number of amides is 1. The molecule has 0 N–H and O–H groups in total. The van der Waals surface area contributed by atoms with Gasteiger partial charge < -0.3 is 0 Å².